The molecule has 1 amide bonds. The van der Waals surface area contributed by atoms with Crippen LogP contribution in [0.2, 0.25) is 0 Å². The fourth-order valence-electron chi connectivity index (χ4n) is 4.34. The van der Waals surface area contributed by atoms with Crippen molar-refractivity contribution < 1.29 is 18.3 Å². The van der Waals surface area contributed by atoms with Crippen molar-refractivity contribution in [3.05, 3.63) is 59.3 Å². The third-order valence-corrected chi connectivity index (χ3v) is 7.76. The molecule has 3 aromatic rings. The Balaban J connectivity index is 1.51. The number of hydrogen-bond acceptors (Lipinski definition) is 6. The number of rotatable bonds is 7. The Hall–Kier alpha value is -3.39. The number of carbonyl (C=O) groups excluding carboxylic acids is 1. The van der Waals surface area contributed by atoms with Crippen LogP contribution in [0.3, 0.4) is 0 Å². The summed E-state index contributed by atoms with van der Waals surface area (Å²) in [5.74, 6) is -0.224. The zero-order valence-corrected chi connectivity index (χ0v) is 20.6. The van der Waals surface area contributed by atoms with Gasteiger partial charge in [-0.2, -0.15) is 5.26 Å². The number of nitrogens with one attached hydrogen (secondary N) is 2. The van der Waals surface area contributed by atoms with Crippen LogP contribution in [0.4, 0.5) is 5.69 Å². The topological polar surface area (TPSA) is 130 Å². The van der Waals surface area contributed by atoms with E-state index in [1.165, 1.54) is 12.1 Å². The zero-order valence-electron chi connectivity index (χ0n) is 19.8. The summed E-state index contributed by atoms with van der Waals surface area (Å²) in [5.41, 5.74) is 2.46. The van der Waals surface area contributed by atoms with Gasteiger partial charge in [0.15, 0.2) is 0 Å². The van der Waals surface area contributed by atoms with Gasteiger partial charge >= 0.3 is 0 Å². The summed E-state index contributed by atoms with van der Waals surface area (Å²) in [6.07, 6.45) is 1.86. The second-order valence-corrected chi connectivity index (χ2v) is 10.5. The highest BCUT2D eigenvalue weighted by atomic mass is 32.2. The van der Waals surface area contributed by atoms with Crippen molar-refractivity contribution in [3.63, 3.8) is 0 Å². The van der Waals surface area contributed by atoms with E-state index in [0.717, 1.165) is 5.56 Å². The molecule has 0 radical (unpaired) electrons. The molecule has 1 fully saturated rings. The first-order valence-electron chi connectivity index (χ1n) is 11.6. The van der Waals surface area contributed by atoms with Crippen molar-refractivity contribution >= 4 is 32.5 Å². The standard InChI is InChI=1S/C25H29N5O4S/c1-3-20(31)16-29-9-11-30(12-10-29)25(32)18-5-4-6-21(13-18)35(33,34)28-22-8-7-17(2)23-19(14-26)15-27-24(22)23/h4-8,13,15,20,27-28,31H,3,9-12,16H2,1-2H3/t20-/m0/s1. The van der Waals surface area contributed by atoms with Crippen LogP contribution in [0, 0.1) is 18.3 Å². The van der Waals surface area contributed by atoms with Crippen LogP contribution < -0.4 is 4.72 Å². The zero-order chi connectivity index (χ0) is 25.2. The maximum absolute atomic E-state index is 13.2. The molecule has 10 heteroatoms. The monoisotopic (exact) mass is 495 g/mol. The summed E-state index contributed by atoms with van der Waals surface area (Å²) in [5, 5.41) is 19.9. The van der Waals surface area contributed by atoms with Crippen molar-refractivity contribution in [1.29, 1.82) is 5.26 Å². The van der Waals surface area contributed by atoms with Crippen LogP contribution in [0.25, 0.3) is 10.9 Å². The highest BCUT2D eigenvalue weighted by Gasteiger charge is 2.25. The molecule has 0 bridgehead atoms. The number of H-pyrrole nitrogens is 1. The van der Waals surface area contributed by atoms with Crippen LogP contribution >= 0.6 is 0 Å². The Bertz CT molecular complexity index is 1380. The van der Waals surface area contributed by atoms with Crippen molar-refractivity contribution in [3.8, 4) is 6.07 Å². The molecule has 0 spiro atoms. The van der Waals surface area contributed by atoms with Crippen LogP contribution in [0.15, 0.2) is 47.5 Å². The Morgan fingerprint density at radius 1 is 1.23 bits per heavy atom. The molecule has 1 aliphatic heterocycles. The van der Waals surface area contributed by atoms with Crippen molar-refractivity contribution in [2.75, 3.05) is 37.4 Å². The molecule has 1 saturated heterocycles. The number of amides is 1. The molecule has 3 N–H and O–H groups in total. The highest BCUT2D eigenvalue weighted by molar-refractivity contribution is 7.92. The number of aromatic amines is 1. The summed E-state index contributed by atoms with van der Waals surface area (Å²) in [6.45, 7) is 6.72. The van der Waals surface area contributed by atoms with Crippen LogP contribution in [0.5, 0.6) is 0 Å². The van der Waals surface area contributed by atoms with E-state index in [0.29, 0.717) is 66.9 Å². The lowest BCUT2D eigenvalue weighted by Gasteiger charge is -2.35. The number of sulfonamides is 1. The minimum absolute atomic E-state index is 0.0196. The number of hydrogen-bond donors (Lipinski definition) is 3. The van der Waals surface area contributed by atoms with E-state index in [4.69, 9.17) is 0 Å². The average molecular weight is 496 g/mol. The maximum Gasteiger partial charge on any atom is 0.261 e. The largest absolute Gasteiger partial charge is 0.392 e. The van der Waals surface area contributed by atoms with Gasteiger partial charge < -0.3 is 15.0 Å². The first-order valence-corrected chi connectivity index (χ1v) is 13.0. The minimum atomic E-state index is -3.99. The summed E-state index contributed by atoms with van der Waals surface area (Å²) < 4.78 is 29.0. The Morgan fingerprint density at radius 2 is 1.97 bits per heavy atom. The molecular weight excluding hydrogens is 466 g/mol. The van der Waals surface area contributed by atoms with Gasteiger partial charge in [-0.15, -0.1) is 0 Å². The lowest BCUT2D eigenvalue weighted by Crippen LogP contribution is -2.50. The smallest absolute Gasteiger partial charge is 0.261 e. The van der Waals surface area contributed by atoms with Gasteiger partial charge in [-0.1, -0.05) is 19.1 Å². The third kappa shape index (κ3) is 5.17. The third-order valence-electron chi connectivity index (χ3n) is 6.40. The van der Waals surface area contributed by atoms with Gasteiger partial charge in [-0.05, 0) is 43.2 Å². The number of aryl methyl sites for hydroxylation is 1. The molecule has 1 aliphatic rings. The van der Waals surface area contributed by atoms with E-state index in [9.17, 15) is 23.6 Å². The number of aromatic nitrogens is 1. The number of β-amino-alcohol motifs (C(OH)–C–C–N with tert-alkyl or cyclic N) is 1. The number of fused-ring (bicyclic) bond motifs is 1. The van der Waals surface area contributed by atoms with Gasteiger partial charge in [-0.3, -0.25) is 14.4 Å². The van der Waals surface area contributed by atoms with Crippen LogP contribution in [0.1, 0.15) is 34.8 Å². The molecule has 9 nitrogen and oxygen atoms in total. The van der Waals surface area contributed by atoms with E-state index < -0.39 is 10.0 Å². The Kier molecular flexibility index (Phi) is 7.12. The normalized spacial score (nSPS) is 15.7. The number of anilines is 1. The molecular formula is C25H29N5O4S. The molecule has 2 aromatic carbocycles. The van der Waals surface area contributed by atoms with Gasteiger partial charge in [0.05, 0.1) is 27.8 Å². The molecule has 1 aromatic heterocycles. The number of benzene rings is 2. The number of aliphatic hydroxyl groups is 1. The second kappa shape index (κ2) is 10.1. The minimum Gasteiger partial charge on any atom is -0.392 e. The molecule has 2 heterocycles. The average Bonchev–Trinajstić information content (AvgIpc) is 3.31. The summed E-state index contributed by atoms with van der Waals surface area (Å²) in [7, 11) is -3.99. The number of nitriles is 1. The molecule has 184 valence electrons. The predicted molar refractivity (Wildman–Crippen MR) is 134 cm³/mol. The van der Waals surface area contributed by atoms with Gasteiger partial charge in [0.2, 0.25) is 0 Å². The lowest BCUT2D eigenvalue weighted by atomic mass is 10.1. The molecule has 0 unspecified atom stereocenters. The molecule has 35 heavy (non-hydrogen) atoms. The van der Waals surface area contributed by atoms with E-state index >= 15 is 0 Å². The summed E-state index contributed by atoms with van der Waals surface area (Å²) in [6, 6.07) is 11.5. The molecule has 0 saturated carbocycles. The van der Waals surface area contributed by atoms with Crippen molar-refractivity contribution in [2.24, 2.45) is 0 Å². The van der Waals surface area contributed by atoms with Gasteiger partial charge in [-0.25, -0.2) is 8.42 Å². The van der Waals surface area contributed by atoms with Crippen molar-refractivity contribution in [1.82, 2.24) is 14.8 Å². The molecule has 1 atom stereocenters. The van der Waals surface area contributed by atoms with Crippen molar-refractivity contribution in [2.45, 2.75) is 31.3 Å². The SMILES string of the molecule is CC[C@H](O)CN1CCN(C(=O)c2cccc(S(=O)(=O)Nc3ccc(C)c4c(C#N)c[nH]c34)c2)CC1. The second-order valence-electron chi connectivity index (χ2n) is 8.78. The quantitative estimate of drug-likeness (QED) is 0.462. The fraction of sp³-hybridized carbons (Fsp3) is 0.360. The molecule has 0 aliphatic carbocycles. The number of aliphatic hydroxyl groups excluding tert-OH is 1. The Morgan fingerprint density at radius 3 is 2.66 bits per heavy atom. The lowest BCUT2D eigenvalue weighted by molar-refractivity contribution is 0.0523. The van der Waals surface area contributed by atoms with Gasteiger partial charge in [0, 0.05) is 49.9 Å². The first-order chi connectivity index (χ1) is 16.7. The summed E-state index contributed by atoms with van der Waals surface area (Å²) >= 11 is 0. The van der Waals surface area contributed by atoms with Crippen LogP contribution in [-0.4, -0.2) is 73.0 Å². The Labute approximate surface area is 205 Å². The van der Waals surface area contributed by atoms with Crippen LogP contribution in [-0.2, 0) is 10.0 Å². The maximum atomic E-state index is 13.2. The van der Waals surface area contributed by atoms with E-state index in [2.05, 4.69) is 20.7 Å². The highest BCUT2D eigenvalue weighted by Crippen LogP contribution is 2.30. The number of carbonyl (C=O) groups is 1. The van der Waals surface area contributed by atoms with E-state index in [1.54, 1.807) is 35.4 Å². The van der Waals surface area contributed by atoms with Gasteiger partial charge in [0.25, 0.3) is 15.9 Å². The summed E-state index contributed by atoms with van der Waals surface area (Å²) in [4.78, 5) is 19.9. The predicted octanol–water partition coefficient (Wildman–Crippen LogP) is 2.68. The fourth-order valence-corrected chi connectivity index (χ4v) is 5.45. The first kappa shape index (κ1) is 24.7. The van der Waals surface area contributed by atoms with Gasteiger partial charge in [0.1, 0.15) is 6.07 Å². The van der Waals surface area contributed by atoms with E-state index in [1.807, 2.05) is 13.8 Å². The number of piperazine rings is 1. The number of nitrogens with zero attached hydrogens (tertiary/aromatic N) is 3. The molecule has 4 rings (SSSR count). The van der Waals surface area contributed by atoms with E-state index in [-0.39, 0.29) is 16.9 Å².